The van der Waals surface area contributed by atoms with Gasteiger partial charge in [-0.1, -0.05) is 59.8 Å². The van der Waals surface area contributed by atoms with Crippen LogP contribution in [0.1, 0.15) is 17.4 Å². The summed E-state index contributed by atoms with van der Waals surface area (Å²) < 4.78 is 13.3. The fourth-order valence-electron chi connectivity index (χ4n) is 2.88. The van der Waals surface area contributed by atoms with Gasteiger partial charge in [0.2, 0.25) is 0 Å². The molecule has 0 aliphatic carbocycles. The molecule has 0 radical (unpaired) electrons. The van der Waals surface area contributed by atoms with E-state index in [4.69, 9.17) is 9.47 Å². The van der Waals surface area contributed by atoms with Crippen LogP contribution in [0.2, 0.25) is 0 Å². The Labute approximate surface area is 151 Å². The Bertz CT molecular complexity index is 981. The lowest BCUT2D eigenvalue weighted by molar-refractivity contribution is 0.0132. The third-order valence-corrected chi connectivity index (χ3v) is 4.25. The van der Waals surface area contributed by atoms with Crippen molar-refractivity contribution >= 4 is 11.0 Å². The topological polar surface area (TPSA) is 49.2 Å². The monoisotopic (exact) mass is 345 g/mol. The maximum atomic E-state index is 6.26. The Morgan fingerprint density at radius 1 is 0.885 bits per heavy atom. The van der Waals surface area contributed by atoms with Gasteiger partial charge in [0.1, 0.15) is 11.3 Å². The summed E-state index contributed by atoms with van der Waals surface area (Å²) in [5, 5.41) is 8.59. The molecule has 0 aliphatic heterocycles. The lowest BCUT2D eigenvalue weighted by atomic mass is 10.2. The molecular formula is C21H19N3O2. The van der Waals surface area contributed by atoms with Crippen molar-refractivity contribution in [2.24, 2.45) is 0 Å². The zero-order chi connectivity index (χ0) is 17.8. The number of benzene rings is 3. The number of hydrogen-bond acceptors (Lipinski definition) is 4. The molecule has 0 amide bonds. The van der Waals surface area contributed by atoms with Crippen LogP contribution in [0, 0.1) is 0 Å². The van der Waals surface area contributed by atoms with Crippen molar-refractivity contribution in [3.8, 4) is 5.75 Å². The molecule has 0 saturated heterocycles. The smallest absolute Gasteiger partial charge is 0.178 e. The van der Waals surface area contributed by atoms with E-state index in [1.54, 1.807) is 7.11 Å². The van der Waals surface area contributed by atoms with E-state index in [2.05, 4.69) is 10.3 Å². The molecule has 1 heterocycles. The van der Waals surface area contributed by atoms with Crippen LogP contribution in [0.3, 0.4) is 0 Å². The van der Waals surface area contributed by atoms with E-state index in [1.165, 1.54) is 0 Å². The number of nitrogens with zero attached hydrogens (tertiary/aromatic N) is 3. The molecule has 1 atom stereocenters. The predicted octanol–water partition coefficient (Wildman–Crippen LogP) is 4.20. The number of ether oxygens (including phenoxy) is 2. The minimum absolute atomic E-state index is 0.356. The van der Waals surface area contributed by atoms with Gasteiger partial charge in [0, 0.05) is 5.56 Å². The normalized spacial score (nSPS) is 12.2. The lowest BCUT2D eigenvalue weighted by Crippen LogP contribution is -2.16. The van der Waals surface area contributed by atoms with Crippen molar-refractivity contribution in [1.82, 2.24) is 15.0 Å². The standard InChI is InChI=1S/C21H19N3O2/c1-25-18-13-11-16(12-14-18)15-26-21(17-7-3-2-4-8-17)24-20-10-6-5-9-19(20)22-23-24/h2-14,21H,15H2,1H3. The molecule has 5 heteroatoms. The van der Waals surface area contributed by atoms with Crippen LogP contribution >= 0.6 is 0 Å². The van der Waals surface area contributed by atoms with Crippen molar-refractivity contribution in [1.29, 1.82) is 0 Å². The Balaban J connectivity index is 1.65. The highest BCUT2D eigenvalue weighted by atomic mass is 16.5. The molecule has 4 aromatic rings. The SMILES string of the molecule is COc1ccc(COC(c2ccccc2)n2nnc3ccccc32)cc1. The zero-order valence-electron chi connectivity index (χ0n) is 14.4. The maximum Gasteiger partial charge on any atom is 0.178 e. The lowest BCUT2D eigenvalue weighted by Gasteiger charge is -2.19. The first kappa shape index (κ1) is 16.3. The van der Waals surface area contributed by atoms with Crippen LogP contribution in [-0.2, 0) is 11.3 Å². The fraction of sp³-hybridized carbons (Fsp3) is 0.143. The second-order valence-corrected chi connectivity index (χ2v) is 5.94. The van der Waals surface area contributed by atoms with Crippen LogP contribution in [0.15, 0.2) is 78.9 Å². The average Bonchev–Trinajstić information content (AvgIpc) is 3.14. The molecule has 26 heavy (non-hydrogen) atoms. The van der Waals surface area contributed by atoms with Crippen LogP contribution in [0.25, 0.3) is 11.0 Å². The predicted molar refractivity (Wildman–Crippen MR) is 99.9 cm³/mol. The molecular weight excluding hydrogens is 326 g/mol. The number of methoxy groups -OCH3 is 1. The van der Waals surface area contributed by atoms with Crippen molar-refractivity contribution in [2.75, 3.05) is 7.11 Å². The summed E-state index contributed by atoms with van der Waals surface area (Å²) in [7, 11) is 1.66. The Kier molecular flexibility index (Phi) is 4.62. The highest BCUT2D eigenvalue weighted by molar-refractivity contribution is 5.74. The van der Waals surface area contributed by atoms with Crippen molar-refractivity contribution < 1.29 is 9.47 Å². The van der Waals surface area contributed by atoms with Gasteiger partial charge >= 0.3 is 0 Å². The number of hydrogen-bond donors (Lipinski definition) is 0. The Hall–Kier alpha value is -3.18. The summed E-state index contributed by atoms with van der Waals surface area (Å²) in [5.74, 6) is 0.829. The third kappa shape index (κ3) is 3.30. The van der Waals surface area contributed by atoms with Gasteiger partial charge < -0.3 is 9.47 Å². The zero-order valence-corrected chi connectivity index (χ0v) is 14.4. The molecule has 0 bridgehead atoms. The highest BCUT2D eigenvalue weighted by Gasteiger charge is 2.18. The highest BCUT2D eigenvalue weighted by Crippen LogP contribution is 2.25. The van der Waals surface area contributed by atoms with E-state index in [1.807, 2.05) is 83.5 Å². The van der Waals surface area contributed by atoms with E-state index in [9.17, 15) is 0 Å². The number of para-hydroxylation sites is 1. The third-order valence-electron chi connectivity index (χ3n) is 4.25. The summed E-state index contributed by atoms with van der Waals surface area (Å²) in [4.78, 5) is 0. The molecule has 130 valence electrons. The van der Waals surface area contributed by atoms with Gasteiger partial charge in [0.25, 0.3) is 0 Å². The molecule has 4 rings (SSSR count). The van der Waals surface area contributed by atoms with Crippen molar-refractivity contribution in [3.63, 3.8) is 0 Å². The fourth-order valence-corrected chi connectivity index (χ4v) is 2.88. The minimum atomic E-state index is -0.356. The molecule has 0 spiro atoms. The van der Waals surface area contributed by atoms with Gasteiger partial charge in [-0.3, -0.25) is 0 Å². The van der Waals surface area contributed by atoms with E-state index in [0.717, 1.165) is 27.9 Å². The number of rotatable bonds is 6. The summed E-state index contributed by atoms with van der Waals surface area (Å²) in [6.07, 6.45) is -0.356. The van der Waals surface area contributed by atoms with Crippen molar-refractivity contribution in [2.45, 2.75) is 12.8 Å². The van der Waals surface area contributed by atoms with E-state index >= 15 is 0 Å². The summed E-state index contributed by atoms with van der Waals surface area (Å²) in [6.45, 7) is 0.456. The molecule has 0 N–H and O–H groups in total. The molecule has 0 aliphatic rings. The summed E-state index contributed by atoms with van der Waals surface area (Å²) in [6, 6.07) is 25.8. The first-order valence-corrected chi connectivity index (χ1v) is 8.44. The van der Waals surface area contributed by atoms with Crippen molar-refractivity contribution in [3.05, 3.63) is 90.0 Å². The van der Waals surface area contributed by atoms with Crippen LogP contribution in [0.4, 0.5) is 0 Å². The van der Waals surface area contributed by atoms with Gasteiger partial charge in [0.15, 0.2) is 6.23 Å². The van der Waals surface area contributed by atoms with Gasteiger partial charge in [-0.05, 0) is 29.8 Å². The first-order valence-electron chi connectivity index (χ1n) is 8.44. The number of aromatic nitrogens is 3. The second-order valence-electron chi connectivity index (χ2n) is 5.94. The van der Waals surface area contributed by atoms with E-state index in [-0.39, 0.29) is 6.23 Å². The Morgan fingerprint density at radius 2 is 1.62 bits per heavy atom. The molecule has 1 unspecified atom stereocenters. The molecule has 3 aromatic carbocycles. The minimum Gasteiger partial charge on any atom is -0.497 e. The van der Waals surface area contributed by atoms with Crippen LogP contribution in [0.5, 0.6) is 5.75 Å². The maximum absolute atomic E-state index is 6.26. The molecule has 1 aromatic heterocycles. The quantitative estimate of drug-likeness (QED) is 0.525. The Morgan fingerprint density at radius 3 is 2.38 bits per heavy atom. The van der Waals surface area contributed by atoms with Gasteiger partial charge in [-0.25, -0.2) is 4.68 Å². The average molecular weight is 345 g/mol. The van der Waals surface area contributed by atoms with Crippen LogP contribution in [-0.4, -0.2) is 22.1 Å². The largest absolute Gasteiger partial charge is 0.497 e. The van der Waals surface area contributed by atoms with Gasteiger partial charge in [-0.2, -0.15) is 0 Å². The first-order chi connectivity index (χ1) is 12.8. The van der Waals surface area contributed by atoms with Gasteiger partial charge in [-0.15, -0.1) is 5.10 Å². The molecule has 0 fully saturated rings. The van der Waals surface area contributed by atoms with Crippen LogP contribution < -0.4 is 4.74 Å². The summed E-state index contributed by atoms with van der Waals surface area (Å²) >= 11 is 0. The van der Waals surface area contributed by atoms with E-state index in [0.29, 0.717) is 6.61 Å². The molecule has 0 saturated carbocycles. The summed E-state index contributed by atoms with van der Waals surface area (Å²) in [5.41, 5.74) is 3.88. The number of fused-ring (bicyclic) bond motifs is 1. The molecule has 5 nitrogen and oxygen atoms in total. The van der Waals surface area contributed by atoms with E-state index < -0.39 is 0 Å². The second kappa shape index (κ2) is 7.37. The van der Waals surface area contributed by atoms with Gasteiger partial charge in [0.05, 0.1) is 19.2 Å².